The average Bonchev–Trinajstić information content (AvgIpc) is 2.25. The van der Waals surface area contributed by atoms with Crippen molar-refractivity contribution in [3.05, 3.63) is 29.8 Å². The molecule has 4 heteroatoms. The van der Waals surface area contributed by atoms with Crippen LogP contribution in [0.1, 0.15) is 12.0 Å². The molecule has 1 aromatic carbocycles. The van der Waals surface area contributed by atoms with Crippen molar-refractivity contribution in [2.75, 3.05) is 5.75 Å². The second-order valence-electron chi connectivity index (χ2n) is 3.30. The van der Waals surface area contributed by atoms with Crippen LogP contribution in [0.2, 0.25) is 0 Å². The molecule has 0 radical (unpaired) electrons. The van der Waals surface area contributed by atoms with Crippen LogP contribution in [0.25, 0.3) is 0 Å². The Morgan fingerprint density at radius 1 is 1.19 bits per heavy atom. The maximum atomic E-state index is 11.7. The van der Waals surface area contributed by atoms with Gasteiger partial charge in [0.1, 0.15) is 12.0 Å². The lowest BCUT2D eigenvalue weighted by Gasteiger charge is -2.00. The summed E-state index contributed by atoms with van der Waals surface area (Å²) < 4.78 is 23.4. The van der Waals surface area contributed by atoms with Crippen molar-refractivity contribution < 1.29 is 13.2 Å². The lowest BCUT2D eigenvalue weighted by atomic mass is 10.2. The highest BCUT2D eigenvalue weighted by Crippen LogP contribution is 2.11. The molecule has 0 N–H and O–H groups in total. The van der Waals surface area contributed by atoms with E-state index in [-0.39, 0.29) is 17.1 Å². The predicted molar refractivity (Wildman–Crippen MR) is 61.7 cm³/mol. The van der Waals surface area contributed by atoms with Gasteiger partial charge in [-0.05, 0) is 19.1 Å². The van der Waals surface area contributed by atoms with Crippen LogP contribution in [0.5, 0.6) is 0 Å². The summed E-state index contributed by atoms with van der Waals surface area (Å²) in [7, 11) is -3.35. The van der Waals surface area contributed by atoms with Gasteiger partial charge in [0.25, 0.3) is 0 Å². The second-order valence-corrected chi connectivity index (χ2v) is 5.29. The van der Waals surface area contributed by atoms with Gasteiger partial charge in [-0.2, -0.15) is 0 Å². The standard InChI is InChI=1S/C12H12O3S/c1-11-5-7-12(8-6-11)16(14,15)10-4-2-3-9-13/h5-9H,3,10H2,1H3. The first-order valence-electron chi connectivity index (χ1n) is 4.75. The van der Waals surface area contributed by atoms with Gasteiger partial charge in [0.15, 0.2) is 9.84 Å². The molecule has 1 rings (SSSR count). The van der Waals surface area contributed by atoms with Gasteiger partial charge in [0.05, 0.1) is 11.3 Å². The van der Waals surface area contributed by atoms with Gasteiger partial charge in [-0.25, -0.2) is 8.42 Å². The van der Waals surface area contributed by atoms with E-state index in [0.29, 0.717) is 6.29 Å². The molecule has 84 valence electrons. The summed E-state index contributed by atoms with van der Waals surface area (Å²) >= 11 is 0. The largest absolute Gasteiger partial charge is 0.302 e. The SMILES string of the molecule is Cc1ccc(S(=O)(=O)CC#CCC=O)cc1. The van der Waals surface area contributed by atoms with Crippen LogP contribution in [0.3, 0.4) is 0 Å². The topological polar surface area (TPSA) is 51.2 Å². The summed E-state index contributed by atoms with van der Waals surface area (Å²) in [4.78, 5) is 10.2. The molecule has 1 aromatic rings. The molecule has 16 heavy (non-hydrogen) atoms. The Kier molecular flexibility index (Phi) is 4.27. The maximum absolute atomic E-state index is 11.7. The third kappa shape index (κ3) is 3.52. The smallest absolute Gasteiger partial charge is 0.189 e. The third-order valence-corrected chi connectivity index (χ3v) is 3.47. The number of hydrogen-bond acceptors (Lipinski definition) is 3. The third-order valence-electron chi connectivity index (χ3n) is 1.95. The fourth-order valence-electron chi connectivity index (χ4n) is 1.09. The van der Waals surface area contributed by atoms with Gasteiger partial charge in [-0.3, -0.25) is 0 Å². The predicted octanol–water partition coefficient (Wildman–Crippen LogP) is 1.36. The number of rotatable bonds is 3. The van der Waals surface area contributed by atoms with E-state index in [4.69, 9.17) is 0 Å². The van der Waals surface area contributed by atoms with Crippen molar-refractivity contribution in [2.45, 2.75) is 18.2 Å². The van der Waals surface area contributed by atoms with E-state index in [2.05, 4.69) is 11.8 Å². The number of hydrogen-bond donors (Lipinski definition) is 0. The van der Waals surface area contributed by atoms with E-state index in [1.165, 1.54) is 0 Å². The number of benzene rings is 1. The first-order valence-corrected chi connectivity index (χ1v) is 6.40. The molecule has 0 saturated carbocycles. The second kappa shape index (κ2) is 5.47. The van der Waals surface area contributed by atoms with E-state index < -0.39 is 9.84 Å². The van der Waals surface area contributed by atoms with Gasteiger partial charge in [-0.1, -0.05) is 29.5 Å². The molecule has 0 bridgehead atoms. The van der Waals surface area contributed by atoms with Gasteiger partial charge in [0.2, 0.25) is 0 Å². The lowest BCUT2D eigenvalue weighted by Crippen LogP contribution is -2.04. The lowest BCUT2D eigenvalue weighted by molar-refractivity contribution is -0.107. The molecule has 0 aliphatic heterocycles. The van der Waals surface area contributed by atoms with Crippen molar-refractivity contribution in [3.63, 3.8) is 0 Å². The molecule has 0 saturated heterocycles. The van der Waals surface area contributed by atoms with Crippen LogP contribution in [0, 0.1) is 18.8 Å². The minimum Gasteiger partial charge on any atom is -0.302 e. The molecule has 0 aliphatic rings. The molecule has 0 fully saturated rings. The number of sulfone groups is 1. The Labute approximate surface area is 95.4 Å². The van der Waals surface area contributed by atoms with Gasteiger partial charge in [-0.15, -0.1) is 0 Å². The van der Waals surface area contributed by atoms with Crippen LogP contribution < -0.4 is 0 Å². The Hall–Kier alpha value is -1.60. The fourth-order valence-corrected chi connectivity index (χ4v) is 2.10. The Morgan fingerprint density at radius 3 is 2.38 bits per heavy atom. The van der Waals surface area contributed by atoms with Crippen molar-refractivity contribution in [1.82, 2.24) is 0 Å². The molecule has 0 atom stereocenters. The van der Waals surface area contributed by atoms with E-state index in [9.17, 15) is 13.2 Å². The maximum Gasteiger partial charge on any atom is 0.189 e. The highest BCUT2D eigenvalue weighted by Gasteiger charge is 2.11. The van der Waals surface area contributed by atoms with Crippen molar-refractivity contribution in [1.29, 1.82) is 0 Å². The fraction of sp³-hybridized carbons (Fsp3) is 0.250. The van der Waals surface area contributed by atoms with E-state index >= 15 is 0 Å². The average molecular weight is 236 g/mol. The molecule has 0 aromatic heterocycles. The Balaban J connectivity index is 2.83. The molecule has 0 spiro atoms. The summed E-state index contributed by atoms with van der Waals surface area (Å²) in [6.07, 6.45) is 0.717. The molecule has 0 aliphatic carbocycles. The number of aldehydes is 1. The first-order chi connectivity index (χ1) is 7.56. The highest BCUT2D eigenvalue weighted by molar-refractivity contribution is 7.91. The van der Waals surface area contributed by atoms with Crippen LogP contribution in [0.4, 0.5) is 0 Å². The van der Waals surface area contributed by atoms with Crippen LogP contribution in [0.15, 0.2) is 29.2 Å². The summed E-state index contributed by atoms with van der Waals surface area (Å²) in [5.41, 5.74) is 1.01. The minimum absolute atomic E-state index is 0.0728. The number of aryl methyl sites for hydroxylation is 1. The van der Waals surface area contributed by atoms with Crippen LogP contribution >= 0.6 is 0 Å². The zero-order valence-corrected chi connectivity index (χ0v) is 9.75. The summed E-state index contributed by atoms with van der Waals surface area (Å²) in [5.74, 6) is 4.70. The zero-order chi connectivity index (χ0) is 12.0. The van der Waals surface area contributed by atoms with Crippen molar-refractivity contribution in [3.8, 4) is 11.8 Å². The highest BCUT2D eigenvalue weighted by atomic mass is 32.2. The molecular weight excluding hydrogens is 224 g/mol. The normalized spacial score (nSPS) is 10.3. The van der Waals surface area contributed by atoms with E-state index in [1.54, 1.807) is 24.3 Å². The van der Waals surface area contributed by atoms with Gasteiger partial charge < -0.3 is 4.79 Å². The van der Waals surface area contributed by atoms with Crippen molar-refractivity contribution >= 4 is 16.1 Å². The Bertz CT molecular complexity index is 516. The van der Waals surface area contributed by atoms with E-state index in [1.807, 2.05) is 6.92 Å². The number of carbonyl (C=O) groups is 1. The van der Waals surface area contributed by atoms with Crippen LogP contribution in [-0.2, 0) is 14.6 Å². The molecule has 0 amide bonds. The van der Waals surface area contributed by atoms with E-state index in [0.717, 1.165) is 5.56 Å². The molecular formula is C12H12O3S. The van der Waals surface area contributed by atoms with Gasteiger partial charge in [0, 0.05) is 0 Å². The molecule has 0 unspecified atom stereocenters. The van der Waals surface area contributed by atoms with Gasteiger partial charge >= 0.3 is 0 Å². The minimum atomic E-state index is -3.35. The van der Waals surface area contributed by atoms with Crippen LogP contribution in [-0.4, -0.2) is 20.5 Å². The Morgan fingerprint density at radius 2 is 1.81 bits per heavy atom. The van der Waals surface area contributed by atoms with Crippen molar-refractivity contribution in [2.24, 2.45) is 0 Å². The summed E-state index contributed by atoms with van der Waals surface area (Å²) in [5, 5.41) is 0. The molecule has 3 nitrogen and oxygen atoms in total. The summed E-state index contributed by atoms with van der Waals surface area (Å²) in [6.45, 7) is 1.89. The number of carbonyl (C=O) groups excluding carboxylic acids is 1. The zero-order valence-electron chi connectivity index (χ0n) is 8.93. The monoisotopic (exact) mass is 236 g/mol. The summed E-state index contributed by atoms with van der Waals surface area (Å²) in [6, 6.07) is 6.61. The quantitative estimate of drug-likeness (QED) is 0.588. The molecule has 0 heterocycles. The first kappa shape index (κ1) is 12.5.